The molecule has 24 heavy (non-hydrogen) atoms. The number of carbonyl (C=O) groups is 1. The minimum Gasteiger partial charge on any atom is -0.393 e. The number of aromatic nitrogens is 2. The summed E-state index contributed by atoms with van der Waals surface area (Å²) in [6.45, 7) is 3.10. The number of likely N-dealkylation sites (tertiary alicyclic amines) is 1. The Morgan fingerprint density at radius 3 is 2.88 bits per heavy atom. The van der Waals surface area contributed by atoms with Crippen LogP contribution in [0, 0.1) is 5.92 Å². The second-order valence-electron chi connectivity index (χ2n) is 6.15. The zero-order valence-corrected chi connectivity index (χ0v) is 14.2. The lowest BCUT2D eigenvalue weighted by Crippen LogP contribution is -2.30. The van der Waals surface area contributed by atoms with Gasteiger partial charge in [-0.2, -0.15) is 4.98 Å². The van der Waals surface area contributed by atoms with Crippen LogP contribution in [-0.2, 0) is 11.2 Å². The van der Waals surface area contributed by atoms with Crippen LogP contribution in [-0.4, -0.2) is 45.2 Å². The van der Waals surface area contributed by atoms with Crippen LogP contribution in [0.4, 0.5) is 0 Å². The highest BCUT2D eigenvalue weighted by atomic mass is 35.5. The number of nitrogens with zero attached hydrogens (tertiary/aromatic N) is 3. The number of hydrogen-bond acceptors (Lipinski definition) is 5. The number of halogens is 1. The highest BCUT2D eigenvalue weighted by Gasteiger charge is 2.28. The Balaban J connectivity index is 1.54. The van der Waals surface area contributed by atoms with Gasteiger partial charge >= 0.3 is 0 Å². The number of rotatable bonds is 5. The van der Waals surface area contributed by atoms with Crippen LogP contribution >= 0.6 is 11.6 Å². The molecule has 1 aliphatic rings. The normalized spacial score (nSPS) is 18.8. The summed E-state index contributed by atoms with van der Waals surface area (Å²) in [5.41, 5.74) is 0.819. The van der Waals surface area contributed by atoms with Gasteiger partial charge in [0.1, 0.15) is 0 Å². The largest absolute Gasteiger partial charge is 0.393 e. The number of amides is 1. The van der Waals surface area contributed by atoms with Crippen molar-refractivity contribution in [2.75, 3.05) is 13.1 Å². The molecule has 3 rings (SSSR count). The van der Waals surface area contributed by atoms with Crippen LogP contribution in [0.3, 0.4) is 0 Å². The number of aliphatic hydroxyl groups excluding tert-OH is 1. The quantitative estimate of drug-likeness (QED) is 0.897. The van der Waals surface area contributed by atoms with E-state index in [1.165, 1.54) is 0 Å². The Bertz CT molecular complexity index is 699. The lowest BCUT2D eigenvalue weighted by atomic mass is 10.0. The molecule has 0 spiro atoms. The summed E-state index contributed by atoms with van der Waals surface area (Å²) >= 11 is 5.86. The summed E-state index contributed by atoms with van der Waals surface area (Å²) < 4.78 is 5.22. The van der Waals surface area contributed by atoms with Gasteiger partial charge in [-0.25, -0.2) is 0 Å². The van der Waals surface area contributed by atoms with Crippen LogP contribution in [0.25, 0.3) is 11.4 Å². The summed E-state index contributed by atoms with van der Waals surface area (Å²) in [5.74, 6) is 1.17. The van der Waals surface area contributed by atoms with E-state index >= 15 is 0 Å². The molecular formula is C17H20ClN3O3. The molecule has 2 atom stereocenters. The van der Waals surface area contributed by atoms with Gasteiger partial charge in [-0.15, -0.1) is 0 Å². The molecule has 0 saturated carbocycles. The van der Waals surface area contributed by atoms with Gasteiger partial charge in [-0.05, 0) is 37.6 Å². The molecule has 1 fully saturated rings. The number of aliphatic hydroxyl groups is 1. The van der Waals surface area contributed by atoms with Crippen molar-refractivity contribution < 1.29 is 14.4 Å². The first kappa shape index (κ1) is 16.9. The van der Waals surface area contributed by atoms with Crippen LogP contribution < -0.4 is 0 Å². The van der Waals surface area contributed by atoms with E-state index < -0.39 is 0 Å². The van der Waals surface area contributed by atoms with Crippen molar-refractivity contribution in [1.29, 1.82) is 0 Å². The van der Waals surface area contributed by atoms with Crippen LogP contribution in [0.1, 0.15) is 25.7 Å². The van der Waals surface area contributed by atoms with Crippen molar-refractivity contribution in [3.8, 4) is 11.4 Å². The van der Waals surface area contributed by atoms with Gasteiger partial charge in [-0.1, -0.05) is 16.8 Å². The lowest BCUT2D eigenvalue weighted by molar-refractivity contribution is -0.130. The predicted octanol–water partition coefficient (Wildman–Crippen LogP) is 2.55. The molecule has 0 bridgehead atoms. The maximum absolute atomic E-state index is 12.2. The van der Waals surface area contributed by atoms with E-state index in [0.717, 1.165) is 12.0 Å². The molecule has 1 aliphatic heterocycles. The van der Waals surface area contributed by atoms with Crippen molar-refractivity contribution in [2.24, 2.45) is 5.92 Å². The molecule has 7 heteroatoms. The molecule has 1 aromatic carbocycles. The first-order valence-corrected chi connectivity index (χ1v) is 8.45. The summed E-state index contributed by atoms with van der Waals surface area (Å²) in [5, 5.41) is 14.2. The predicted molar refractivity (Wildman–Crippen MR) is 89.4 cm³/mol. The SMILES string of the molecule is CC(O)C1CCN(C(=O)CCc2nc(-c3ccc(Cl)cc3)no2)C1. The minimum atomic E-state index is -0.374. The van der Waals surface area contributed by atoms with Gasteiger partial charge in [0, 0.05) is 42.4 Å². The van der Waals surface area contributed by atoms with E-state index in [-0.39, 0.29) is 17.9 Å². The summed E-state index contributed by atoms with van der Waals surface area (Å²) in [4.78, 5) is 18.4. The van der Waals surface area contributed by atoms with Gasteiger partial charge in [0.15, 0.2) is 0 Å². The molecule has 2 aromatic rings. The Hall–Kier alpha value is -1.92. The molecule has 1 amide bonds. The average Bonchev–Trinajstić information content (AvgIpc) is 3.23. The van der Waals surface area contributed by atoms with Gasteiger partial charge in [0.25, 0.3) is 0 Å². The van der Waals surface area contributed by atoms with E-state index in [4.69, 9.17) is 16.1 Å². The number of aryl methyl sites for hydroxylation is 1. The van der Waals surface area contributed by atoms with E-state index in [2.05, 4.69) is 10.1 Å². The van der Waals surface area contributed by atoms with E-state index in [1.807, 2.05) is 12.1 Å². The molecule has 1 N–H and O–H groups in total. The number of carbonyl (C=O) groups excluding carboxylic acids is 1. The van der Waals surface area contributed by atoms with Crippen molar-refractivity contribution in [3.63, 3.8) is 0 Å². The minimum absolute atomic E-state index is 0.0596. The third kappa shape index (κ3) is 3.94. The molecule has 128 valence electrons. The Labute approximate surface area is 145 Å². The van der Waals surface area contributed by atoms with E-state index in [9.17, 15) is 9.90 Å². The second kappa shape index (κ2) is 7.32. The van der Waals surface area contributed by atoms with Gasteiger partial charge in [0.2, 0.25) is 17.6 Å². The number of hydrogen-bond donors (Lipinski definition) is 1. The summed E-state index contributed by atoms with van der Waals surface area (Å²) in [6.07, 6.45) is 1.22. The fourth-order valence-electron chi connectivity index (χ4n) is 2.85. The molecule has 0 radical (unpaired) electrons. The maximum atomic E-state index is 12.2. The fourth-order valence-corrected chi connectivity index (χ4v) is 2.98. The zero-order chi connectivity index (χ0) is 17.1. The van der Waals surface area contributed by atoms with Gasteiger partial charge in [-0.3, -0.25) is 4.79 Å². The van der Waals surface area contributed by atoms with Gasteiger partial charge in [0.05, 0.1) is 6.10 Å². The topological polar surface area (TPSA) is 79.5 Å². The smallest absolute Gasteiger partial charge is 0.227 e. The first-order chi connectivity index (χ1) is 11.5. The third-order valence-electron chi connectivity index (χ3n) is 4.38. The highest BCUT2D eigenvalue weighted by Crippen LogP contribution is 2.21. The fraction of sp³-hybridized carbons (Fsp3) is 0.471. The van der Waals surface area contributed by atoms with Gasteiger partial charge < -0.3 is 14.5 Å². The summed E-state index contributed by atoms with van der Waals surface area (Å²) in [7, 11) is 0. The van der Waals surface area contributed by atoms with Crippen LogP contribution in [0.2, 0.25) is 5.02 Å². The zero-order valence-electron chi connectivity index (χ0n) is 13.5. The molecular weight excluding hydrogens is 330 g/mol. The second-order valence-corrected chi connectivity index (χ2v) is 6.58. The Kier molecular flexibility index (Phi) is 5.16. The average molecular weight is 350 g/mol. The standard InChI is InChI=1S/C17H20ClN3O3/c1-11(22)13-8-9-21(10-13)16(23)7-6-15-19-17(20-24-15)12-2-4-14(18)5-3-12/h2-5,11,13,22H,6-10H2,1H3. The first-order valence-electron chi connectivity index (χ1n) is 8.07. The maximum Gasteiger partial charge on any atom is 0.227 e. The Morgan fingerprint density at radius 1 is 1.46 bits per heavy atom. The van der Waals surface area contributed by atoms with Crippen molar-refractivity contribution in [3.05, 3.63) is 35.2 Å². The van der Waals surface area contributed by atoms with Crippen molar-refractivity contribution in [2.45, 2.75) is 32.3 Å². The molecule has 2 heterocycles. The molecule has 0 aliphatic carbocycles. The third-order valence-corrected chi connectivity index (χ3v) is 4.63. The molecule has 6 nitrogen and oxygen atoms in total. The van der Waals surface area contributed by atoms with Crippen LogP contribution in [0.5, 0.6) is 0 Å². The monoisotopic (exact) mass is 349 g/mol. The Morgan fingerprint density at radius 2 is 2.21 bits per heavy atom. The van der Waals surface area contributed by atoms with Crippen molar-refractivity contribution in [1.82, 2.24) is 15.0 Å². The van der Waals surface area contributed by atoms with E-state index in [0.29, 0.717) is 42.7 Å². The van der Waals surface area contributed by atoms with Crippen LogP contribution in [0.15, 0.2) is 28.8 Å². The summed E-state index contributed by atoms with van der Waals surface area (Å²) in [6, 6.07) is 7.18. The molecule has 2 unspecified atom stereocenters. The lowest BCUT2D eigenvalue weighted by Gasteiger charge is -2.17. The van der Waals surface area contributed by atoms with E-state index in [1.54, 1.807) is 24.0 Å². The number of benzene rings is 1. The molecule has 1 aromatic heterocycles. The highest BCUT2D eigenvalue weighted by molar-refractivity contribution is 6.30. The van der Waals surface area contributed by atoms with Crippen molar-refractivity contribution >= 4 is 17.5 Å². The molecule has 1 saturated heterocycles.